The molecule has 0 aliphatic heterocycles. The second-order valence-electron chi connectivity index (χ2n) is 8.51. The first kappa shape index (κ1) is 17.6. The van der Waals surface area contributed by atoms with Gasteiger partial charge in [0.25, 0.3) is 0 Å². The third kappa shape index (κ3) is 2.53. The van der Waals surface area contributed by atoms with Gasteiger partial charge in [0.1, 0.15) is 11.2 Å². The SMILES string of the molecule is C1=Cc2c(n(-c3cccc(-c4ccc5oc6ccccc6c5c4)c3)c3ccccc23)CC1. The number of allylic oxidation sites excluding steroid dienone is 1. The van der Waals surface area contributed by atoms with Gasteiger partial charge in [-0.15, -0.1) is 0 Å². The zero-order chi connectivity index (χ0) is 21.1. The van der Waals surface area contributed by atoms with Crippen molar-refractivity contribution < 1.29 is 4.42 Å². The van der Waals surface area contributed by atoms with Gasteiger partial charge in [0.15, 0.2) is 0 Å². The number of hydrogen-bond donors (Lipinski definition) is 0. The molecule has 1 aliphatic rings. The number of aromatic nitrogens is 1. The zero-order valence-corrected chi connectivity index (χ0v) is 17.6. The van der Waals surface area contributed by atoms with Crippen molar-refractivity contribution in [2.24, 2.45) is 0 Å². The minimum atomic E-state index is 0.934. The molecule has 2 nitrogen and oxygen atoms in total. The van der Waals surface area contributed by atoms with Crippen LogP contribution < -0.4 is 0 Å². The van der Waals surface area contributed by atoms with Crippen molar-refractivity contribution in [2.45, 2.75) is 12.8 Å². The molecule has 0 bridgehead atoms. The lowest BCUT2D eigenvalue weighted by atomic mass is 10.0. The highest BCUT2D eigenvalue weighted by atomic mass is 16.3. The summed E-state index contributed by atoms with van der Waals surface area (Å²) in [6.45, 7) is 0. The van der Waals surface area contributed by atoms with Gasteiger partial charge in [0.2, 0.25) is 0 Å². The van der Waals surface area contributed by atoms with E-state index in [1.54, 1.807) is 0 Å². The molecule has 6 aromatic rings. The van der Waals surface area contributed by atoms with Crippen LogP contribution in [0.1, 0.15) is 17.7 Å². The van der Waals surface area contributed by atoms with Crippen LogP contribution in [0.4, 0.5) is 0 Å². The molecule has 32 heavy (non-hydrogen) atoms. The quantitative estimate of drug-likeness (QED) is 0.281. The van der Waals surface area contributed by atoms with E-state index in [2.05, 4.69) is 95.6 Å². The predicted octanol–water partition coefficient (Wildman–Crippen LogP) is 8.16. The van der Waals surface area contributed by atoms with Crippen molar-refractivity contribution in [1.82, 2.24) is 4.57 Å². The summed E-state index contributed by atoms with van der Waals surface area (Å²) in [5.41, 5.74) is 9.55. The van der Waals surface area contributed by atoms with E-state index in [0.717, 1.165) is 34.8 Å². The minimum absolute atomic E-state index is 0.934. The Bertz CT molecular complexity index is 1680. The smallest absolute Gasteiger partial charge is 0.135 e. The van der Waals surface area contributed by atoms with Crippen LogP contribution in [0.3, 0.4) is 0 Å². The van der Waals surface area contributed by atoms with Crippen LogP contribution in [0.25, 0.3) is 55.7 Å². The lowest BCUT2D eigenvalue weighted by molar-refractivity contribution is 0.669. The Balaban J connectivity index is 1.43. The van der Waals surface area contributed by atoms with Gasteiger partial charge < -0.3 is 8.98 Å². The van der Waals surface area contributed by atoms with Crippen molar-refractivity contribution in [3.05, 3.63) is 108 Å². The second kappa shape index (κ2) is 6.73. The van der Waals surface area contributed by atoms with Gasteiger partial charge >= 0.3 is 0 Å². The monoisotopic (exact) mass is 411 g/mol. The highest BCUT2D eigenvalue weighted by molar-refractivity contribution is 6.06. The van der Waals surface area contributed by atoms with Gasteiger partial charge in [-0.3, -0.25) is 0 Å². The molecular formula is C30H21NO. The van der Waals surface area contributed by atoms with Crippen LogP contribution in [0, 0.1) is 0 Å². The molecule has 0 amide bonds. The minimum Gasteiger partial charge on any atom is -0.456 e. The van der Waals surface area contributed by atoms with E-state index in [-0.39, 0.29) is 0 Å². The van der Waals surface area contributed by atoms with E-state index in [1.807, 2.05) is 12.1 Å². The van der Waals surface area contributed by atoms with Crippen molar-refractivity contribution in [3.63, 3.8) is 0 Å². The Labute approximate surface area is 186 Å². The van der Waals surface area contributed by atoms with Crippen LogP contribution in [-0.4, -0.2) is 4.57 Å². The molecule has 7 rings (SSSR count). The van der Waals surface area contributed by atoms with Crippen LogP contribution >= 0.6 is 0 Å². The summed E-state index contributed by atoms with van der Waals surface area (Å²) in [4.78, 5) is 0. The zero-order valence-electron chi connectivity index (χ0n) is 17.6. The van der Waals surface area contributed by atoms with Crippen molar-refractivity contribution in [1.29, 1.82) is 0 Å². The molecule has 2 aromatic heterocycles. The van der Waals surface area contributed by atoms with Crippen LogP contribution in [0.2, 0.25) is 0 Å². The summed E-state index contributed by atoms with van der Waals surface area (Å²) in [6, 6.07) is 32.4. The Hall–Kier alpha value is -4.04. The Kier molecular flexibility index (Phi) is 3.71. The number of furan rings is 1. The lowest BCUT2D eigenvalue weighted by Gasteiger charge is -2.14. The number of fused-ring (bicyclic) bond motifs is 6. The summed E-state index contributed by atoms with van der Waals surface area (Å²) < 4.78 is 8.47. The van der Waals surface area contributed by atoms with Gasteiger partial charge in [-0.1, -0.05) is 66.7 Å². The van der Waals surface area contributed by atoms with Crippen LogP contribution in [-0.2, 0) is 6.42 Å². The maximum absolute atomic E-state index is 6.03. The van der Waals surface area contributed by atoms with E-state index in [4.69, 9.17) is 4.42 Å². The largest absolute Gasteiger partial charge is 0.456 e. The maximum atomic E-state index is 6.03. The number of nitrogens with zero attached hydrogens (tertiary/aromatic N) is 1. The first-order valence-corrected chi connectivity index (χ1v) is 11.2. The van der Waals surface area contributed by atoms with E-state index in [1.165, 1.54) is 39.0 Å². The first-order valence-electron chi connectivity index (χ1n) is 11.2. The number of para-hydroxylation sites is 2. The van der Waals surface area contributed by atoms with E-state index < -0.39 is 0 Å². The predicted molar refractivity (Wildman–Crippen MR) is 133 cm³/mol. The van der Waals surface area contributed by atoms with Crippen LogP contribution in [0.5, 0.6) is 0 Å². The number of rotatable bonds is 2. The summed E-state index contributed by atoms with van der Waals surface area (Å²) in [5, 5.41) is 3.66. The average Bonchev–Trinajstić information content (AvgIpc) is 3.39. The maximum Gasteiger partial charge on any atom is 0.135 e. The Morgan fingerprint density at radius 1 is 0.656 bits per heavy atom. The average molecular weight is 412 g/mol. The molecule has 0 saturated heterocycles. The fraction of sp³-hybridized carbons (Fsp3) is 0.0667. The fourth-order valence-corrected chi connectivity index (χ4v) is 5.20. The first-order chi connectivity index (χ1) is 15.9. The molecule has 2 heterocycles. The number of benzene rings is 4. The molecular weight excluding hydrogens is 390 g/mol. The molecule has 0 saturated carbocycles. The normalized spacial score (nSPS) is 13.2. The Morgan fingerprint density at radius 2 is 1.47 bits per heavy atom. The van der Waals surface area contributed by atoms with Crippen LogP contribution in [0.15, 0.2) is 101 Å². The molecule has 0 unspecified atom stereocenters. The summed E-state index contributed by atoms with van der Waals surface area (Å²) >= 11 is 0. The summed E-state index contributed by atoms with van der Waals surface area (Å²) in [6.07, 6.45) is 6.74. The van der Waals surface area contributed by atoms with Gasteiger partial charge in [-0.2, -0.15) is 0 Å². The molecule has 0 N–H and O–H groups in total. The Morgan fingerprint density at radius 3 is 2.44 bits per heavy atom. The molecule has 4 aromatic carbocycles. The van der Waals surface area contributed by atoms with Gasteiger partial charge in [-0.05, 0) is 60.4 Å². The molecule has 0 atom stereocenters. The van der Waals surface area contributed by atoms with Crippen molar-refractivity contribution >= 4 is 38.9 Å². The number of hydrogen-bond acceptors (Lipinski definition) is 1. The van der Waals surface area contributed by atoms with Gasteiger partial charge in [0.05, 0.1) is 5.52 Å². The summed E-state index contributed by atoms with van der Waals surface area (Å²) in [5.74, 6) is 0. The fourth-order valence-electron chi connectivity index (χ4n) is 5.20. The molecule has 1 aliphatic carbocycles. The highest BCUT2D eigenvalue weighted by Gasteiger charge is 2.18. The van der Waals surface area contributed by atoms with E-state index in [9.17, 15) is 0 Å². The third-order valence-corrected chi connectivity index (χ3v) is 6.66. The lowest BCUT2D eigenvalue weighted by Crippen LogP contribution is -2.03. The van der Waals surface area contributed by atoms with E-state index in [0.29, 0.717) is 0 Å². The molecule has 152 valence electrons. The van der Waals surface area contributed by atoms with Crippen molar-refractivity contribution in [2.75, 3.05) is 0 Å². The van der Waals surface area contributed by atoms with Crippen molar-refractivity contribution in [3.8, 4) is 16.8 Å². The molecule has 2 heteroatoms. The summed E-state index contributed by atoms with van der Waals surface area (Å²) in [7, 11) is 0. The molecule has 0 radical (unpaired) electrons. The topological polar surface area (TPSA) is 18.1 Å². The molecule has 0 spiro atoms. The van der Waals surface area contributed by atoms with Gasteiger partial charge in [-0.25, -0.2) is 0 Å². The standard InChI is InChI=1S/C30H21NO/c1-4-13-27-23(10-1)24-11-2-5-14-28(24)31(27)22-9-7-8-20(18-22)21-16-17-30-26(19-21)25-12-3-6-15-29(25)32-30/h1-4,6-13,15-19H,5,14H2. The third-order valence-electron chi connectivity index (χ3n) is 6.66. The molecule has 0 fully saturated rings. The van der Waals surface area contributed by atoms with Gasteiger partial charge in [0, 0.05) is 33.1 Å². The van der Waals surface area contributed by atoms with E-state index >= 15 is 0 Å². The second-order valence-corrected chi connectivity index (χ2v) is 8.51. The highest BCUT2D eigenvalue weighted by Crippen LogP contribution is 2.36.